The Morgan fingerprint density at radius 1 is 0.333 bits per heavy atom. The molecule has 9 rings (SSSR count). The molecule has 0 spiro atoms. The third kappa shape index (κ3) is 6.94. The van der Waals surface area contributed by atoms with E-state index in [0.717, 1.165) is 0 Å². The molecular formula is C40H44O16P4. The van der Waals surface area contributed by atoms with Crippen molar-refractivity contribution < 1.29 is 72.5 Å². The highest BCUT2D eigenvalue weighted by atomic mass is 31.2. The summed E-state index contributed by atoms with van der Waals surface area (Å²) in [7, 11) is -17.9. The van der Waals surface area contributed by atoms with Gasteiger partial charge in [-0.05, 0) is 52.0 Å². The van der Waals surface area contributed by atoms with Crippen molar-refractivity contribution in [2.24, 2.45) is 0 Å². The molecule has 4 aromatic rings. The average Bonchev–Trinajstić information content (AvgIpc) is 3.15. The molecule has 5 aliphatic rings. The van der Waals surface area contributed by atoms with Crippen molar-refractivity contribution >= 4 is 31.3 Å². The Kier molecular flexibility index (Phi) is 10.2. The van der Waals surface area contributed by atoms with Crippen LogP contribution in [0.25, 0.3) is 0 Å². The van der Waals surface area contributed by atoms with Gasteiger partial charge in [0.2, 0.25) is 0 Å². The van der Waals surface area contributed by atoms with Gasteiger partial charge < -0.3 is 36.2 Å². The van der Waals surface area contributed by atoms with Crippen LogP contribution in [0.2, 0.25) is 0 Å². The molecule has 4 aromatic carbocycles. The van der Waals surface area contributed by atoms with Gasteiger partial charge in [-0.3, -0.25) is 18.1 Å². The van der Waals surface area contributed by atoms with Gasteiger partial charge in [0.05, 0.1) is 26.4 Å². The molecule has 0 fully saturated rings. The van der Waals surface area contributed by atoms with Crippen molar-refractivity contribution in [1.29, 1.82) is 0 Å². The molecule has 0 saturated carbocycles. The SMILES string of the molecule is CCOP1(=O)Oc2cc3c4cc2C(C)c2cc5c(cc2O1)OP(=O)(OCC)Oc1cc2c(cc1C5C)C(C)c1cc(c(cc1OP(=O)(OCC)O2)OP(=O)(OCC)O3)C4C. The van der Waals surface area contributed by atoms with E-state index in [9.17, 15) is 18.3 Å². The van der Waals surface area contributed by atoms with Crippen molar-refractivity contribution in [3.8, 4) is 46.0 Å². The first-order valence-electron chi connectivity index (χ1n) is 19.8. The molecule has 1 aliphatic carbocycles. The highest BCUT2D eigenvalue weighted by Crippen LogP contribution is 2.65. The van der Waals surface area contributed by atoms with Crippen LogP contribution in [0.5, 0.6) is 46.0 Å². The van der Waals surface area contributed by atoms with Crippen LogP contribution in [0, 0.1) is 0 Å². The zero-order chi connectivity index (χ0) is 42.5. The monoisotopic (exact) mass is 904 g/mol. The molecule has 0 amide bonds. The molecular weight excluding hydrogens is 860 g/mol. The number of rotatable bonds is 8. The summed E-state index contributed by atoms with van der Waals surface area (Å²) in [5.74, 6) is -1.43. The Morgan fingerprint density at radius 2 is 0.483 bits per heavy atom. The van der Waals surface area contributed by atoms with Crippen LogP contribution in [0.4, 0.5) is 0 Å². The minimum absolute atomic E-state index is 0.0523. The predicted molar refractivity (Wildman–Crippen MR) is 218 cm³/mol. The maximum absolute atomic E-state index is 14.6. The van der Waals surface area contributed by atoms with E-state index in [4.69, 9.17) is 54.3 Å². The number of phosphoric acid groups is 4. The van der Waals surface area contributed by atoms with Crippen LogP contribution in [0.3, 0.4) is 0 Å². The van der Waals surface area contributed by atoms with Crippen LogP contribution >= 0.6 is 31.3 Å². The van der Waals surface area contributed by atoms with Gasteiger partial charge in [-0.1, -0.05) is 27.7 Å². The van der Waals surface area contributed by atoms with Gasteiger partial charge in [-0.15, -0.1) is 0 Å². The van der Waals surface area contributed by atoms with Crippen molar-refractivity contribution in [3.05, 3.63) is 93.0 Å². The molecule has 0 atom stereocenters. The maximum atomic E-state index is 14.6. The predicted octanol–water partition coefficient (Wildman–Crippen LogP) is 12.3. The van der Waals surface area contributed by atoms with E-state index in [1.54, 1.807) is 27.7 Å². The molecule has 4 heterocycles. The lowest BCUT2D eigenvalue weighted by Gasteiger charge is -2.35. The molecule has 8 bridgehead atoms. The van der Waals surface area contributed by atoms with Gasteiger partial charge in [-0.25, -0.2) is 18.3 Å². The minimum Gasteiger partial charge on any atom is -0.395 e. The Hall–Kier alpha value is -3.96. The largest absolute Gasteiger partial charge is 0.587 e. The number of hydrogen-bond acceptors (Lipinski definition) is 16. The molecule has 0 aromatic heterocycles. The van der Waals surface area contributed by atoms with Crippen LogP contribution in [-0.4, -0.2) is 26.4 Å². The zero-order valence-corrected chi connectivity index (χ0v) is 37.7. The van der Waals surface area contributed by atoms with Crippen molar-refractivity contribution in [2.75, 3.05) is 26.4 Å². The highest BCUT2D eigenvalue weighted by Gasteiger charge is 2.45. The van der Waals surface area contributed by atoms with E-state index < -0.39 is 55.0 Å². The van der Waals surface area contributed by atoms with E-state index in [-0.39, 0.29) is 72.4 Å². The number of benzene rings is 4. The van der Waals surface area contributed by atoms with Gasteiger partial charge in [-0.2, -0.15) is 0 Å². The topological polar surface area (TPSA) is 179 Å². The number of hydrogen-bond donors (Lipinski definition) is 0. The van der Waals surface area contributed by atoms with Gasteiger partial charge in [0, 0.05) is 92.4 Å². The Balaban J connectivity index is 1.43. The average molecular weight is 905 g/mol. The van der Waals surface area contributed by atoms with Crippen LogP contribution in [0.1, 0.15) is 124 Å². The third-order valence-electron chi connectivity index (χ3n) is 11.1. The third-order valence-corrected chi connectivity index (χ3v) is 16.8. The second kappa shape index (κ2) is 14.8. The first-order chi connectivity index (χ1) is 28.5. The van der Waals surface area contributed by atoms with Crippen LogP contribution in [-0.2, 0) is 36.4 Å². The van der Waals surface area contributed by atoms with Gasteiger partial charge in [0.1, 0.15) is 46.0 Å². The molecule has 0 unspecified atom stereocenters. The summed E-state index contributed by atoms with van der Waals surface area (Å²) < 4.78 is 131. The fraction of sp³-hybridized carbons (Fsp3) is 0.400. The molecule has 320 valence electrons. The first-order valence-corrected chi connectivity index (χ1v) is 25.6. The van der Waals surface area contributed by atoms with Crippen molar-refractivity contribution in [1.82, 2.24) is 0 Å². The van der Waals surface area contributed by atoms with E-state index in [1.165, 1.54) is 24.3 Å². The quantitative estimate of drug-likeness (QED) is 0.152. The summed E-state index contributed by atoms with van der Waals surface area (Å²) in [6.07, 6.45) is 0. The van der Waals surface area contributed by atoms with Crippen LogP contribution in [0.15, 0.2) is 48.5 Å². The lowest BCUT2D eigenvalue weighted by Crippen LogP contribution is -2.19. The highest BCUT2D eigenvalue weighted by molar-refractivity contribution is 7.50. The lowest BCUT2D eigenvalue weighted by molar-refractivity contribution is 0.213. The van der Waals surface area contributed by atoms with Crippen molar-refractivity contribution in [2.45, 2.75) is 79.1 Å². The fourth-order valence-electron chi connectivity index (χ4n) is 8.27. The molecule has 16 nitrogen and oxygen atoms in total. The Morgan fingerprint density at radius 3 is 0.617 bits per heavy atom. The second-order valence-electron chi connectivity index (χ2n) is 14.8. The Labute approximate surface area is 347 Å². The fourth-order valence-corrected chi connectivity index (χ4v) is 13.3. The molecule has 60 heavy (non-hydrogen) atoms. The molecule has 0 N–H and O–H groups in total. The summed E-state index contributed by atoms with van der Waals surface area (Å²) in [5.41, 5.74) is 4.58. The van der Waals surface area contributed by atoms with Gasteiger partial charge in [0.25, 0.3) is 0 Å². The molecule has 20 heteroatoms. The standard InChI is InChI=1S/C40H44O16P4/c1-9-45-57(41)49-33-17-35-27-13-25(33)21(5)26-14-28-23(7)30-16-32-24(8)31-15-29(22(27)6)37(53-58(42,51-35)46-10-2)19-39(31)55-60(44,48-12-4)56-40(32)20-38(30)54-59(43,47-11-3)52-36(28)18-34(26)50-57/h13-24H,9-12H2,1-8H3. The molecule has 4 aliphatic heterocycles. The summed E-state index contributed by atoms with van der Waals surface area (Å²) in [6, 6.07) is 13.4. The summed E-state index contributed by atoms with van der Waals surface area (Å²) in [4.78, 5) is 0. The van der Waals surface area contributed by atoms with Gasteiger partial charge >= 0.3 is 31.3 Å². The van der Waals surface area contributed by atoms with Gasteiger partial charge in [0.15, 0.2) is 0 Å². The normalized spacial score (nSPS) is 30.1. The first kappa shape index (κ1) is 41.4. The van der Waals surface area contributed by atoms with E-state index in [0.29, 0.717) is 44.5 Å². The van der Waals surface area contributed by atoms with Crippen LogP contribution < -0.4 is 36.2 Å². The van der Waals surface area contributed by atoms with E-state index >= 15 is 0 Å². The van der Waals surface area contributed by atoms with E-state index in [2.05, 4.69) is 0 Å². The summed E-state index contributed by atoms with van der Waals surface area (Å²) in [5, 5.41) is 0. The smallest absolute Gasteiger partial charge is 0.395 e. The second-order valence-corrected chi connectivity index (χ2v) is 20.9. The zero-order valence-electron chi connectivity index (χ0n) is 34.1. The minimum atomic E-state index is -4.48. The summed E-state index contributed by atoms with van der Waals surface area (Å²) in [6.45, 7) is 14.1. The summed E-state index contributed by atoms with van der Waals surface area (Å²) >= 11 is 0. The van der Waals surface area contributed by atoms with Crippen molar-refractivity contribution in [3.63, 3.8) is 0 Å². The molecule has 0 saturated heterocycles. The lowest BCUT2D eigenvalue weighted by atomic mass is 9.81. The maximum Gasteiger partial charge on any atom is 0.587 e. The molecule has 0 radical (unpaired) electrons. The number of phosphoric ester groups is 4. The Bertz CT molecular complexity index is 2160. The van der Waals surface area contributed by atoms with E-state index in [1.807, 2.05) is 52.0 Å².